The Morgan fingerprint density at radius 3 is 2.66 bits per heavy atom. The van der Waals surface area contributed by atoms with Crippen molar-refractivity contribution in [1.29, 1.82) is 0 Å². The maximum Gasteiger partial charge on any atom is 0.305 e. The summed E-state index contributed by atoms with van der Waals surface area (Å²) < 4.78 is 20.1. The second-order valence-electron chi connectivity index (χ2n) is 8.96. The van der Waals surface area contributed by atoms with Crippen molar-refractivity contribution in [3.63, 3.8) is 0 Å². The smallest absolute Gasteiger partial charge is 0.305 e. The summed E-state index contributed by atoms with van der Waals surface area (Å²) in [4.78, 5) is 42.6. The monoisotopic (exact) mass is 485 g/mol. The number of ether oxygens (including phenoxy) is 1. The van der Waals surface area contributed by atoms with Crippen LogP contribution in [0.1, 0.15) is 62.6 Å². The van der Waals surface area contributed by atoms with Crippen molar-refractivity contribution >= 4 is 17.8 Å². The van der Waals surface area contributed by atoms with Crippen molar-refractivity contribution in [2.24, 2.45) is 0 Å². The van der Waals surface area contributed by atoms with Crippen LogP contribution >= 0.6 is 0 Å². The van der Waals surface area contributed by atoms with Gasteiger partial charge in [0.25, 0.3) is 0 Å². The molecule has 35 heavy (non-hydrogen) atoms. The van der Waals surface area contributed by atoms with Crippen LogP contribution in [0, 0.1) is 12.7 Å². The number of aliphatic carboxylic acids is 1. The molecule has 8 nitrogen and oxygen atoms in total. The molecule has 2 aromatic rings. The van der Waals surface area contributed by atoms with Gasteiger partial charge in [0.2, 0.25) is 11.8 Å². The van der Waals surface area contributed by atoms with E-state index in [2.05, 4.69) is 10.3 Å². The van der Waals surface area contributed by atoms with Crippen molar-refractivity contribution in [2.75, 3.05) is 13.7 Å². The van der Waals surface area contributed by atoms with Crippen LogP contribution in [-0.4, -0.2) is 52.5 Å². The van der Waals surface area contributed by atoms with Gasteiger partial charge in [-0.1, -0.05) is 19.3 Å². The lowest BCUT2D eigenvalue weighted by Gasteiger charge is -2.29. The molecule has 2 amide bonds. The van der Waals surface area contributed by atoms with Gasteiger partial charge in [0.15, 0.2) is 0 Å². The van der Waals surface area contributed by atoms with Gasteiger partial charge in [-0.3, -0.25) is 19.4 Å². The Morgan fingerprint density at radius 2 is 1.94 bits per heavy atom. The van der Waals surface area contributed by atoms with E-state index < -0.39 is 29.8 Å². The predicted octanol–water partition coefficient (Wildman–Crippen LogP) is 4.02. The lowest BCUT2D eigenvalue weighted by atomic mass is 9.96. The van der Waals surface area contributed by atoms with Crippen molar-refractivity contribution in [2.45, 2.75) is 64.5 Å². The molecule has 3 rings (SSSR count). The maximum absolute atomic E-state index is 14.2. The SMILES string of the molecule is CC(=O)N(C)[C@H]1CCCCCCOc2cc(F)cc(C)c2-c2cncc(c2)[C@H](CC(=O)O)NC1=O. The lowest BCUT2D eigenvalue weighted by molar-refractivity contribution is -0.140. The van der Waals surface area contributed by atoms with Gasteiger partial charge in [0.1, 0.15) is 17.6 Å². The molecule has 0 aliphatic carbocycles. The molecular formula is C26H32FN3O5. The molecule has 1 aromatic carbocycles. The molecule has 0 unspecified atom stereocenters. The number of nitrogens with zero attached hydrogens (tertiary/aromatic N) is 2. The number of carboxylic acids is 1. The van der Waals surface area contributed by atoms with Gasteiger partial charge in [0, 0.05) is 43.6 Å². The van der Waals surface area contributed by atoms with Crippen molar-refractivity contribution < 1.29 is 28.6 Å². The van der Waals surface area contributed by atoms with E-state index in [9.17, 15) is 23.9 Å². The molecule has 1 aromatic heterocycles. The highest BCUT2D eigenvalue weighted by molar-refractivity contribution is 5.87. The number of aryl methyl sites for hydroxylation is 1. The summed E-state index contributed by atoms with van der Waals surface area (Å²) >= 11 is 0. The van der Waals surface area contributed by atoms with E-state index in [1.807, 2.05) is 0 Å². The number of fused-ring (bicyclic) bond motifs is 4. The number of pyridine rings is 1. The molecule has 188 valence electrons. The summed E-state index contributed by atoms with van der Waals surface area (Å²) in [5.74, 6) is -1.75. The summed E-state index contributed by atoms with van der Waals surface area (Å²) in [7, 11) is 1.58. The van der Waals surface area contributed by atoms with Crippen LogP contribution in [0.25, 0.3) is 11.1 Å². The fourth-order valence-corrected chi connectivity index (χ4v) is 4.37. The molecule has 2 bridgehead atoms. The minimum absolute atomic E-state index is 0.245. The standard InChI is InChI=1S/C26H32FN3O5/c1-16-10-20(27)12-23-25(16)19-11-18(14-28-15-19)21(13-24(32)33)29-26(34)22(30(3)17(2)31)8-6-4-5-7-9-35-23/h10-12,14-15,21-22H,4-9,13H2,1-3H3,(H,29,34)(H,32,33)/t21-,22-/m0/s1. The molecule has 2 atom stereocenters. The molecular weight excluding hydrogens is 453 g/mol. The first-order chi connectivity index (χ1) is 16.7. The first-order valence-corrected chi connectivity index (χ1v) is 11.8. The van der Waals surface area contributed by atoms with Crippen LogP contribution in [-0.2, 0) is 14.4 Å². The van der Waals surface area contributed by atoms with E-state index in [0.29, 0.717) is 47.5 Å². The Hall–Kier alpha value is -3.49. The van der Waals surface area contributed by atoms with Gasteiger partial charge < -0.3 is 20.1 Å². The quantitative estimate of drug-likeness (QED) is 0.680. The Balaban J connectivity index is 2.07. The third-order valence-electron chi connectivity index (χ3n) is 6.31. The fraction of sp³-hybridized carbons (Fsp3) is 0.462. The van der Waals surface area contributed by atoms with Gasteiger partial charge >= 0.3 is 5.97 Å². The molecule has 9 heteroatoms. The Bertz CT molecular complexity index is 1090. The molecule has 1 aliphatic heterocycles. The fourth-order valence-electron chi connectivity index (χ4n) is 4.37. The summed E-state index contributed by atoms with van der Waals surface area (Å²) in [6, 6.07) is 2.91. The Kier molecular flexibility index (Phi) is 8.78. The summed E-state index contributed by atoms with van der Waals surface area (Å²) in [5.41, 5.74) is 2.44. The number of likely N-dealkylation sites (N-methyl/N-ethyl adjacent to an activating group) is 1. The van der Waals surface area contributed by atoms with Gasteiger partial charge in [-0.15, -0.1) is 0 Å². The highest BCUT2D eigenvalue weighted by Gasteiger charge is 2.28. The number of aromatic nitrogens is 1. The zero-order chi connectivity index (χ0) is 25.5. The maximum atomic E-state index is 14.2. The highest BCUT2D eigenvalue weighted by Crippen LogP contribution is 2.35. The zero-order valence-electron chi connectivity index (χ0n) is 20.3. The number of rotatable bonds is 3. The number of amides is 2. The first-order valence-electron chi connectivity index (χ1n) is 11.8. The van der Waals surface area contributed by atoms with Gasteiger partial charge in [0.05, 0.1) is 19.1 Å². The van der Waals surface area contributed by atoms with Crippen LogP contribution in [0.3, 0.4) is 0 Å². The molecule has 0 fully saturated rings. The number of halogens is 1. The van der Waals surface area contributed by atoms with Crippen LogP contribution in [0.5, 0.6) is 5.75 Å². The summed E-state index contributed by atoms with van der Waals surface area (Å²) in [5, 5.41) is 12.3. The van der Waals surface area contributed by atoms with Crippen LogP contribution in [0.4, 0.5) is 4.39 Å². The second kappa shape index (κ2) is 11.8. The number of hydrogen-bond donors (Lipinski definition) is 2. The lowest BCUT2D eigenvalue weighted by Crippen LogP contribution is -2.48. The minimum atomic E-state index is -1.09. The number of benzene rings is 1. The average Bonchev–Trinajstić information content (AvgIpc) is 2.78. The normalized spacial score (nSPS) is 19.1. The van der Waals surface area contributed by atoms with Crippen molar-refractivity contribution in [1.82, 2.24) is 15.2 Å². The van der Waals surface area contributed by atoms with Gasteiger partial charge in [-0.2, -0.15) is 0 Å². The predicted molar refractivity (Wildman–Crippen MR) is 128 cm³/mol. The minimum Gasteiger partial charge on any atom is -0.493 e. The van der Waals surface area contributed by atoms with Crippen LogP contribution < -0.4 is 10.1 Å². The van der Waals surface area contributed by atoms with E-state index in [-0.39, 0.29) is 12.3 Å². The van der Waals surface area contributed by atoms with Crippen LogP contribution in [0.2, 0.25) is 0 Å². The number of hydrogen-bond acceptors (Lipinski definition) is 5. The summed E-state index contributed by atoms with van der Waals surface area (Å²) in [6.07, 6.45) is 6.34. The third-order valence-corrected chi connectivity index (χ3v) is 6.31. The zero-order valence-corrected chi connectivity index (χ0v) is 20.3. The van der Waals surface area contributed by atoms with Crippen molar-refractivity contribution in [3.05, 3.63) is 47.5 Å². The second-order valence-corrected chi connectivity index (χ2v) is 8.96. The molecule has 0 radical (unpaired) electrons. The number of carbonyl (C=O) groups excluding carboxylic acids is 2. The van der Waals surface area contributed by atoms with Gasteiger partial charge in [-0.05, 0) is 43.0 Å². The van der Waals surface area contributed by atoms with E-state index in [0.717, 1.165) is 19.3 Å². The van der Waals surface area contributed by atoms with Crippen LogP contribution in [0.15, 0.2) is 30.6 Å². The average molecular weight is 486 g/mol. The molecule has 0 saturated heterocycles. The van der Waals surface area contributed by atoms with E-state index in [1.165, 1.54) is 30.2 Å². The van der Waals surface area contributed by atoms with Gasteiger partial charge in [-0.25, -0.2) is 4.39 Å². The largest absolute Gasteiger partial charge is 0.493 e. The Labute approximate surface area is 204 Å². The molecule has 0 spiro atoms. The number of carboxylic acid groups (broad SMARTS) is 1. The highest BCUT2D eigenvalue weighted by atomic mass is 19.1. The van der Waals surface area contributed by atoms with E-state index >= 15 is 0 Å². The molecule has 2 heterocycles. The first kappa shape index (κ1) is 26.1. The van der Waals surface area contributed by atoms with E-state index in [4.69, 9.17) is 4.74 Å². The van der Waals surface area contributed by atoms with Crippen molar-refractivity contribution in [3.8, 4) is 16.9 Å². The summed E-state index contributed by atoms with van der Waals surface area (Å²) in [6.45, 7) is 3.57. The van der Waals surface area contributed by atoms with E-state index in [1.54, 1.807) is 26.2 Å². The Morgan fingerprint density at radius 1 is 1.20 bits per heavy atom. The number of carbonyl (C=O) groups is 3. The molecule has 1 aliphatic rings. The topological polar surface area (TPSA) is 109 Å². The third kappa shape index (κ3) is 6.77. The molecule has 2 N–H and O–H groups in total. The number of nitrogens with one attached hydrogen (secondary N) is 1. The molecule has 0 saturated carbocycles.